The average Bonchev–Trinajstić information content (AvgIpc) is 2.49. The van der Waals surface area contributed by atoms with Crippen LogP contribution in [0.3, 0.4) is 0 Å². The summed E-state index contributed by atoms with van der Waals surface area (Å²) in [5.74, 6) is 0. The van der Waals surface area contributed by atoms with Crippen molar-refractivity contribution < 1.29 is 8.42 Å². The lowest BCUT2D eigenvalue weighted by atomic mass is 10.3. The molecule has 2 aromatic rings. The van der Waals surface area contributed by atoms with Gasteiger partial charge in [0.1, 0.15) is 0 Å². The molecule has 0 fully saturated rings. The fourth-order valence-electron chi connectivity index (χ4n) is 2.10. The van der Waals surface area contributed by atoms with E-state index in [2.05, 4.69) is 6.58 Å². The second-order valence-electron chi connectivity index (χ2n) is 4.64. The van der Waals surface area contributed by atoms with Crippen LogP contribution in [0.25, 0.3) is 0 Å². The van der Waals surface area contributed by atoms with Crippen molar-refractivity contribution in [1.29, 1.82) is 0 Å². The monoisotopic (exact) mass is 318 g/mol. The predicted octanol–water partition coefficient (Wildman–Crippen LogP) is 4.54. The maximum Gasteiger partial charge on any atom is 0.185 e. The largest absolute Gasteiger partial charge is 0.223 e. The molecule has 0 saturated heterocycles. The van der Waals surface area contributed by atoms with Crippen LogP contribution in [0, 0.1) is 0 Å². The highest BCUT2D eigenvalue weighted by molar-refractivity contribution is 8.04. The first-order valence-corrected chi connectivity index (χ1v) is 9.12. The van der Waals surface area contributed by atoms with E-state index in [4.69, 9.17) is 0 Å². The lowest BCUT2D eigenvalue weighted by Gasteiger charge is -2.18. The Kier molecular flexibility index (Phi) is 5.26. The van der Waals surface area contributed by atoms with Crippen molar-refractivity contribution in [2.75, 3.05) is 0 Å². The first-order valence-electron chi connectivity index (χ1n) is 6.76. The van der Waals surface area contributed by atoms with Crippen LogP contribution >= 0.6 is 11.8 Å². The van der Waals surface area contributed by atoms with Crippen LogP contribution in [0.5, 0.6) is 0 Å². The highest BCUT2D eigenvalue weighted by Gasteiger charge is 2.28. The smallest absolute Gasteiger partial charge is 0.185 e. The van der Waals surface area contributed by atoms with Crippen LogP contribution in [0.1, 0.15) is 13.3 Å². The molecule has 0 aliphatic heterocycles. The fourth-order valence-corrected chi connectivity index (χ4v) is 5.17. The van der Waals surface area contributed by atoms with Crippen molar-refractivity contribution in [2.45, 2.75) is 28.4 Å². The Hall–Kier alpha value is -1.52. The molecule has 1 unspecified atom stereocenters. The van der Waals surface area contributed by atoms with Gasteiger partial charge in [-0.3, -0.25) is 0 Å². The molecular formula is C17H18O2S2. The molecule has 0 bridgehead atoms. The van der Waals surface area contributed by atoms with E-state index in [-0.39, 0.29) is 0 Å². The lowest BCUT2D eigenvalue weighted by molar-refractivity contribution is 0.586. The molecule has 4 heteroatoms. The quantitative estimate of drug-likeness (QED) is 0.733. The van der Waals surface area contributed by atoms with E-state index in [1.807, 2.05) is 43.3 Å². The molecule has 0 spiro atoms. The molecule has 0 saturated carbocycles. The molecule has 0 radical (unpaired) electrons. The van der Waals surface area contributed by atoms with E-state index in [1.165, 1.54) is 11.8 Å². The summed E-state index contributed by atoms with van der Waals surface area (Å²) in [4.78, 5) is 2.02. The Bertz CT molecular complexity index is 692. The minimum Gasteiger partial charge on any atom is -0.223 e. The Balaban J connectivity index is 2.25. The van der Waals surface area contributed by atoms with E-state index < -0.39 is 15.1 Å². The van der Waals surface area contributed by atoms with Crippen molar-refractivity contribution in [3.05, 3.63) is 72.1 Å². The van der Waals surface area contributed by atoms with E-state index >= 15 is 0 Å². The van der Waals surface area contributed by atoms with Crippen LogP contribution in [0.2, 0.25) is 0 Å². The molecule has 0 heterocycles. The summed E-state index contributed by atoms with van der Waals surface area (Å²) in [6.45, 7) is 5.87. The molecule has 2 nitrogen and oxygen atoms in total. The van der Waals surface area contributed by atoms with Gasteiger partial charge in [-0.25, -0.2) is 8.42 Å². The number of hydrogen-bond donors (Lipinski definition) is 0. The number of thioether (sulfide) groups is 1. The number of rotatable bonds is 6. The standard InChI is InChI=1S/C17H18O2S2/c1-3-17(14(2)20-15-10-6-4-7-11-15)21(18,19)16-12-8-5-9-13-16/h4-13,17H,2-3H2,1H3. The van der Waals surface area contributed by atoms with Gasteiger partial charge in [-0.15, -0.1) is 0 Å². The first kappa shape index (κ1) is 15.9. The normalized spacial score (nSPS) is 12.8. The average molecular weight is 318 g/mol. The highest BCUT2D eigenvalue weighted by Crippen LogP contribution is 2.34. The second kappa shape index (κ2) is 6.96. The van der Waals surface area contributed by atoms with Gasteiger partial charge >= 0.3 is 0 Å². The number of hydrogen-bond acceptors (Lipinski definition) is 3. The molecule has 21 heavy (non-hydrogen) atoms. The van der Waals surface area contributed by atoms with Gasteiger partial charge in [-0.2, -0.15) is 0 Å². The van der Waals surface area contributed by atoms with Crippen LogP contribution < -0.4 is 0 Å². The van der Waals surface area contributed by atoms with Crippen molar-refractivity contribution in [2.24, 2.45) is 0 Å². The number of sulfone groups is 1. The SMILES string of the molecule is C=C(Sc1ccccc1)C(CC)S(=O)(=O)c1ccccc1. The summed E-state index contributed by atoms with van der Waals surface area (Å²) in [5, 5.41) is -0.579. The third-order valence-corrected chi connectivity index (χ3v) is 6.67. The van der Waals surface area contributed by atoms with Gasteiger partial charge < -0.3 is 0 Å². The van der Waals surface area contributed by atoms with E-state index in [9.17, 15) is 8.42 Å². The molecule has 2 aromatic carbocycles. The minimum atomic E-state index is -3.39. The van der Waals surface area contributed by atoms with Gasteiger partial charge in [0.25, 0.3) is 0 Å². The topological polar surface area (TPSA) is 34.1 Å². The van der Waals surface area contributed by atoms with Crippen LogP contribution in [-0.4, -0.2) is 13.7 Å². The third kappa shape index (κ3) is 3.77. The van der Waals surface area contributed by atoms with Crippen LogP contribution in [0.15, 0.2) is 81.9 Å². The molecule has 0 aliphatic rings. The van der Waals surface area contributed by atoms with E-state index in [1.54, 1.807) is 24.3 Å². The molecule has 0 amide bonds. The Morgan fingerprint density at radius 3 is 2.10 bits per heavy atom. The van der Waals surface area contributed by atoms with Crippen LogP contribution in [0.4, 0.5) is 0 Å². The highest BCUT2D eigenvalue weighted by atomic mass is 32.2. The summed E-state index contributed by atoms with van der Waals surface area (Å²) in [7, 11) is -3.39. The lowest BCUT2D eigenvalue weighted by Crippen LogP contribution is -2.21. The zero-order valence-corrected chi connectivity index (χ0v) is 13.5. The third-order valence-electron chi connectivity index (χ3n) is 3.17. The van der Waals surface area contributed by atoms with Gasteiger partial charge in [0.05, 0.1) is 10.1 Å². The van der Waals surface area contributed by atoms with Gasteiger partial charge in [0.2, 0.25) is 0 Å². The minimum absolute atomic E-state index is 0.353. The first-order chi connectivity index (χ1) is 10.1. The molecule has 1 atom stereocenters. The Morgan fingerprint density at radius 2 is 1.57 bits per heavy atom. The van der Waals surface area contributed by atoms with Crippen molar-refractivity contribution in [3.8, 4) is 0 Å². The molecule has 0 aliphatic carbocycles. The van der Waals surface area contributed by atoms with E-state index in [0.29, 0.717) is 16.2 Å². The molecule has 110 valence electrons. The zero-order chi connectivity index (χ0) is 15.3. The predicted molar refractivity (Wildman–Crippen MR) is 89.1 cm³/mol. The number of benzene rings is 2. The van der Waals surface area contributed by atoms with Crippen molar-refractivity contribution >= 4 is 21.6 Å². The molecule has 0 N–H and O–H groups in total. The van der Waals surface area contributed by atoms with E-state index in [0.717, 1.165) is 4.90 Å². The van der Waals surface area contributed by atoms with Gasteiger partial charge in [0, 0.05) is 9.80 Å². The zero-order valence-electron chi connectivity index (χ0n) is 11.9. The van der Waals surface area contributed by atoms with Crippen molar-refractivity contribution in [3.63, 3.8) is 0 Å². The van der Waals surface area contributed by atoms with Crippen LogP contribution in [-0.2, 0) is 9.84 Å². The van der Waals surface area contributed by atoms with Gasteiger partial charge in [-0.05, 0) is 30.7 Å². The maximum absolute atomic E-state index is 12.7. The fraction of sp³-hybridized carbons (Fsp3) is 0.176. The maximum atomic E-state index is 12.7. The summed E-state index contributed by atoms with van der Waals surface area (Å²) in [5.41, 5.74) is 0. The molecule has 2 rings (SSSR count). The summed E-state index contributed by atoms with van der Waals surface area (Å²) >= 11 is 1.42. The summed E-state index contributed by atoms with van der Waals surface area (Å²) < 4.78 is 25.4. The van der Waals surface area contributed by atoms with Gasteiger partial charge in [-0.1, -0.05) is 61.7 Å². The molecule has 0 aromatic heterocycles. The van der Waals surface area contributed by atoms with Gasteiger partial charge in [0.15, 0.2) is 9.84 Å². The second-order valence-corrected chi connectivity index (χ2v) is 7.97. The molecular weight excluding hydrogens is 300 g/mol. The van der Waals surface area contributed by atoms with Crippen molar-refractivity contribution in [1.82, 2.24) is 0 Å². The Morgan fingerprint density at radius 1 is 1.05 bits per heavy atom. The summed E-state index contributed by atoms with van der Waals surface area (Å²) in [6, 6.07) is 18.3. The summed E-state index contributed by atoms with van der Waals surface area (Å²) in [6.07, 6.45) is 0.510. The Labute approximate surface area is 130 Å².